The van der Waals surface area contributed by atoms with Crippen molar-refractivity contribution in [2.75, 3.05) is 0 Å². The summed E-state index contributed by atoms with van der Waals surface area (Å²) in [6.07, 6.45) is 42.2. The van der Waals surface area contributed by atoms with Crippen LogP contribution in [0.15, 0.2) is 12.1 Å². The lowest BCUT2D eigenvalue weighted by atomic mass is 9.98. The highest BCUT2D eigenvalue weighted by atomic mass is 16.3. The first-order valence-corrected chi connectivity index (χ1v) is 19.1. The van der Waals surface area contributed by atoms with Crippen LogP contribution in [0, 0.1) is 0 Å². The van der Waals surface area contributed by atoms with Gasteiger partial charge in [-0.15, -0.1) is 0 Å². The molecule has 0 saturated heterocycles. The Balaban J connectivity index is 2.21. The van der Waals surface area contributed by atoms with Crippen LogP contribution in [0.1, 0.15) is 212 Å². The lowest BCUT2D eigenvalue weighted by Crippen LogP contribution is -1.95. The predicted octanol–water partition coefficient (Wildman–Crippen LogP) is 13.0. The van der Waals surface area contributed by atoms with E-state index in [-0.39, 0.29) is 11.8 Å². The molecule has 0 atom stereocenters. The van der Waals surface area contributed by atoms with Gasteiger partial charge in [-0.1, -0.05) is 187 Å². The largest absolute Gasteiger partial charge is 0.494 e. The SMILES string of the molecule is CCCCCCCCCCCCCCCCCCC=C(CCCCCCCCCCCCCC)c1cc(O)n(CO)c1O. The van der Waals surface area contributed by atoms with Crippen molar-refractivity contribution in [3.05, 3.63) is 17.7 Å². The number of aromatic hydroxyl groups is 2. The van der Waals surface area contributed by atoms with Gasteiger partial charge in [0.25, 0.3) is 0 Å². The molecule has 3 N–H and O–H groups in total. The summed E-state index contributed by atoms with van der Waals surface area (Å²) >= 11 is 0. The fraction of sp³-hybridized carbons (Fsp3) is 0.846. The molecule has 0 aliphatic carbocycles. The Morgan fingerprint density at radius 1 is 0.535 bits per heavy atom. The maximum atomic E-state index is 10.6. The van der Waals surface area contributed by atoms with Gasteiger partial charge < -0.3 is 15.3 Å². The molecule has 43 heavy (non-hydrogen) atoms. The molecular weight excluding hydrogens is 530 g/mol. The maximum Gasteiger partial charge on any atom is 0.203 e. The molecule has 1 rings (SSSR count). The number of unbranched alkanes of at least 4 members (excludes halogenated alkanes) is 27. The molecule has 0 radical (unpaired) electrons. The molecule has 0 fully saturated rings. The molecule has 0 unspecified atom stereocenters. The quantitative estimate of drug-likeness (QED) is 0.0718. The van der Waals surface area contributed by atoms with Gasteiger partial charge in [-0.3, -0.25) is 4.57 Å². The second-order valence-corrected chi connectivity index (χ2v) is 13.3. The van der Waals surface area contributed by atoms with Crippen LogP contribution < -0.4 is 0 Å². The van der Waals surface area contributed by atoms with E-state index in [1.54, 1.807) is 6.07 Å². The summed E-state index contributed by atoms with van der Waals surface area (Å²) in [5.41, 5.74) is 1.80. The van der Waals surface area contributed by atoms with Crippen LogP contribution in [0.4, 0.5) is 0 Å². The van der Waals surface area contributed by atoms with Gasteiger partial charge >= 0.3 is 0 Å². The maximum absolute atomic E-state index is 10.6. The fourth-order valence-corrected chi connectivity index (χ4v) is 6.37. The van der Waals surface area contributed by atoms with Crippen LogP contribution in [0.2, 0.25) is 0 Å². The predicted molar refractivity (Wildman–Crippen MR) is 188 cm³/mol. The van der Waals surface area contributed by atoms with Crippen molar-refractivity contribution in [2.24, 2.45) is 0 Å². The minimum Gasteiger partial charge on any atom is -0.494 e. The van der Waals surface area contributed by atoms with Crippen LogP contribution in [-0.2, 0) is 6.73 Å². The van der Waals surface area contributed by atoms with Crippen molar-refractivity contribution in [3.63, 3.8) is 0 Å². The highest BCUT2D eigenvalue weighted by molar-refractivity contribution is 5.71. The molecule has 0 spiro atoms. The summed E-state index contributed by atoms with van der Waals surface area (Å²) in [5, 5.41) is 30.3. The summed E-state index contributed by atoms with van der Waals surface area (Å²) in [5.74, 6) is -0.0878. The standard InChI is InChI=1S/C39H73NO3/c1-3-5-7-9-11-13-15-17-18-19-20-21-23-25-27-29-31-33-36(37-34-38(42)40(35-41)39(37)43)32-30-28-26-24-22-16-14-12-10-8-6-4-2/h33-34,41-43H,3-32,35H2,1-2H3. The first-order chi connectivity index (χ1) is 21.2. The fourth-order valence-electron chi connectivity index (χ4n) is 6.37. The average molecular weight is 604 g/mol. The molecule has 0 bridgehead atoms. The van der Waals surface area contributed by atoms with Crippen LogP contribution in [0.3, 0.4) is 0 Å². The highest BCUT2D eigenvalue weighted by Crippen LogP contribution is 2.35. The van der Waals surface area contributed by atoms with Crippen molar-refractivity contribution in [1.29, 1.82) is 0 Å². The number of aliphatic hydroxyl groups is 1. The zero-order chi connectivity index (χ0) is 31.2. The van der Waals surface area contributed by atoms with Crippen LogP contribution in [-0.4, -0.2) is 19.9 Å². The van der Waals surface area contributed by atoms with Gasteiger partial charge in [0.2, 0.25) is 5.88 Å². The Hall–Kier alpha value is -1.42. The Labute approximate surface area is 267 Å². The molecule has 0 aliphatic heterocycles. The number of hydrogen-bond acceptors (Lipinski definition) is 3. The summed E-state index contributed by atoms with van der Waals surface area (Å²) in [4.78, 5) is 0. The van der Waals surface area contributed by atoms with E-state index in [4.69, 9.17) is 0 Å². The Morgan fingerprint density at radius 2 is 0.884 bits per heavy atom. The van der Waals surface area contributed by atoms with E-state index in [1.165, 1.54) is 178 Å². The van der Waals surface area contributed by atoms with E-state index in [2.05, 4.69) is 19.9 Å². The topological polar surface area (TPSA) is 65.6 Å². The molecule has 1 aromatic heterocycles. The average Bonchev–Trinajstić information content (AvgIpc) is 3.30. The molecule has 0 aromatic carbocycles. The minimum absolute atomic E-state index is 0.0165. The normalized spacial score (nSPS) is 12.0. The Morgan fingerprint density at radius 3 is 1.23 bits per heavy atom. The highest BCUT2D eigenvalue weighted by Gasteiger charge is 2.16. The van der Waals surface area contributed by atoms with Gasteiger partial charge in [-0.05, 0) is 31.3 Å². The van der Waals surface area contributed by atoms with E-state index >= 15 is 0 Å². The lowest BCUT2D eigenvalue weighted by Gasteiger charge is -2.09. The third-order valence-electron chi connectivity index (χ3n) is 9.28. The van der Waals surface area contributed by atoms with Gasteiger partial charge in [0.1, 0.15) is 6.73 Å². The van der Waals surface area contributed by atoms with Gasteiger partial charge in [-0.2, -0.15) is 0 Å². The first kappa shape index (κ1) is 39.6. The Bertz CT molecular complexity index is 769. The summed E-state index contributed by atoms with van der Waals surface area (Å²) < 4.78 is 1.17. The summed E-state index contributed by atoms with van der Waals surface area (Å²) in [7, 11) is 0. The molecule has 0 saturated carbocycles. The van der Waals surface area contributed by atoms with Crippen LogP contribution >= 0.6 is 0 Å². The number of allylic oxidation sites excluding steroid dienone is 2. The zero-order valence-electron chi connectivity index (χ0n) is 28.9. The van der Waals surface area contributed by atoms with Crippen molar-refractivity contribution in [2.45, 2.75) is 213 Å². The van der Waals surface area contributed by atoms with Crippen LogP contribution in [0.5, 0.6) is 11.8 Å². The molecule has 0 amide bonds. The first-order valence-electron chi connectivity index (χ1n) is 19.1. The van der Waals surface area contributed by atoms with E-state index in [0.717, 1.165) is 24.8 Å². The molecule has 252 valence electrons. The molecular formula is C39H73NO3. The van der Waals surface area contributed by atoms with Crippen LogP contribution in [0.25, 0.3) is 5.57 Å². The number of rotatable bonds is 32. The van der Waals surface area contributed by atoms with E-state index in [0.29, 0.717) is 5.56 Å². The second-order valence-electron chi connectivity index (χ2n) is 13.3. The summed E-state index contributed by atoms with van der Waals surface area (Å²) in [6, 6.07) is 1.62. The molecule has 4 nitrogen and oxygen atoms in total. The molecule has 4 heteroatoms. The lowest BCUT2D eigenvalue weighted by molar-refractivity contribution is 0.183. The third kappa shape index (κ3) is 21.0. The number of hydrogen-bond donors (Lipinski definition) is 3. The third-order valence-corrected chi connectivity index (χ3v) is 9.28. The number of aliphatic hydroxyl groups excluding tert-OH is 1. The van der Waals surface area contributed by atoms with Crippen molar-refractivity contribution < 1.29 is 15.3 Å². The minimum atomic E-state index is -0.414. The number of aromatic nitrogens is 1. The van der Waals surface area contributed by atoms with Crippen molar-refractivity contribution >= 4 is 5.57 Å². The zero-order valence-corrected chi connectivity index (χ0v) is 28.9. The van der Waals surface area contributed by atoms with E-state index in [9.17, 15) is 15.3 Å². The smallest absolute Gasteiger partial charge is 0.203 e. The van der Waals surface area contributed by atoms with E-state index < -0.39 is 6.73 Å². The summed E-state index contributed by atoms with van der Waals surface area (Å²) in [6.45, 7) is 4.15. The molecule has 0 aliphatic rings. The van der Waals surface area contributed by atoms with Gasteiger partial charge in [0, 0.05) is 11.6 Å². The molecule has 1 aromatic rings. The van der Waals surface area contributed by atoms with Crippen molar-refractivity contribution in [3.8, 4) is 11.8 Å². The Kier molecular flexibility index (Phi) is 27.0. The van der Waals surface area contributed by atoms with Gasteiger partial charge in [-0.25, -0.2) is 0 Å². The van der Waals surface area contributed by atoms with Gasteiger partial charge in [0.15, 0.2) is 5.88 Å². The number of nitrogens with zero attached hydrogens (tertiary/aromatic N) is 1. The van der Waals surface area contributed by atoms with E-state index in [1.807, 2.05) is 0 Å². The molecule has 1 heterocycles. The van der Waals surface area contributed by atoms with Crippen molar-refractivity contribution in [1.82, 2.24) is 4.57 Å². The monoisotopic (exact) mass is 604 g/mol. The second kappa shape index (κ2) is 29.3. The van der Waals surface area contributed by atoms with Gasteiger partial charge in [0.05, 0.1) is 0 Å².